The van der Waals surface area contributed by atoms with E-state index in [0.29, 0.717) is 39.8 Å². The van der Waals surface area contributed by atoms with Gasteiger partial charge in [0.2, 0.25) is 5.56 Å². The van der Waals surface area contributed by atoms with Gasteiger partial charge in [-0.1, -0.05) is 71.0 Å². The third-order valence-corrected chi connectivity index (χ3v) is 10.3. The fraction of sp³-hybridized carbons (Fsp3) is 0.298. The average Bonchev–Trinajstić information content (AvgIpc) is 3.17. The van der Waals surface area contributed by atoms with Crippen LogP contribution in [-0.2, 0) is 22.2 Å². The highest BCUT2D eigenvalue weighted by atomic mass is 16.5. The minimum absolute atomic E-state index is 0.0267. The molecule has 0 spiro atoms. The van der Waals surface area contributed by atoms with Gasteiger partial charge in [-0.2, -0.15) is 0 Å². The Balaban J connectivity index is 1.25. The Morgan fingerprint density at radius 2 is 1.18 bits per heavy atom. The van der Waals surface area contributed by atoms with E-state index in [0.717, 1.165) is 24.0 Å². The number of benzene rings is 5. The molecule has 0 fully saturated rings. The molecule has 5 aromatic rings. The Bertz CT molecular complexity index is 2140. The summed E-state index contributed by atoms with van der Waals surface area (Å²) in [5.41, 5.74) is 4.42. The van der Waals surface area contributed by atoms with Crippen molar-refractivity contribution in [1.29, 1.82) is 0 Å². The van der Waals surface area contributed by atoms with Crippen LogP contribution >= 0.6 is 0 Å². The summed E-state index contributed by atoms with van der Waals surface area (Å²) in [6.07, 6.45) is 3.82. The minimum atomic E-state index is -0.471. The Kier molecular flexibility index (Phi) is 12.2. The minimum Gasteiger partial charge on any atom is -0.457 e. The van der Waals surface area contributed by atoms with Gasteiger partial charge in [-0.05, 0) is 116 Å². The first-order valence-corrected chi connectivity index (χ1v) is 18.7. The first-order chi connectivity index (χ1) is 26.1. The summed E-state index contributed by atoms with van der Waals surface area (Å²) in [7, 11) is 0. The number of hydrogen-bond donors (Lipinski definition) is 3. The molecule has 5 aromatic carbocycles. The van der Waals surface area contributed by atoms with Crippen LogP contribution in [0.2, 0.25) is 0 Å². The Morgan fingerprint density at radius 1 is 0.636 bits per heavy atom. The number of aliphatic hydroxyl groups is 1. The molecule has 0 aliphatic heterocycles. The van der Waals surface area contributed by atoms with Gasteiger partial charge >= 0.3 is 12.2 Å². The van der Waals surface area contributed by atoms with Crippen molar-refractivity contribution in [2.75, 3.05) is 5.32 Å². The molecule has 284 valence electrons. The fourth-order valence-corrected chi connectivity index (χ4v) is 6.40. The normalized spacial score (nSPS) is 11.7. The first kappa shape index (κ1) is 40.4. The average molecular weight is 740 g/mol. The molecule has 0 heterocycles. The summed E-state index contributed by atoms with van der Waals surface area (Å²) in [5.74, 6) is 1.46. The van der Waals surface area contributed by atoms with Crippen molar-refractivity contribution >= 4 is 23.8 Å². The van der Waals surface area contributed by atoms with Crippen LogP contribution in [-0.4, -0.2) is 28.7 Å². The van der Waals surface area contributed by atoms with E-state index in [1.165, 1.54) is 11.6 Å². The quantitative estimate of drug-likeness (QED) is 0.0977. The van der Waals surface area contributed by atoms with Gasteiger partial charge in [0.25, 0.3) is 5.91 Å². The van der Waals surface area contributed by atoms with Crippen LogP contribution < -0.4 is 20.1 Å². The zero-order valence-corrected chi connectivity index (χ0v) is 33.0. The molecule has 5 rings (SSSR count). The molecular formula is C47H51N2O6+. The Morgan fingerprint density at radius 3 is 1.71 bits per heavy atom. The van der Waals surface area contributed by atoms with Gasteiger partial charge < -0.3 is 25.2 Å². The van der Waals surface area contributed by atoms with Crippen molar-refractivity contribution in [3.05, 3.63) is 148 Å². The van der Waals surface area contributed by atoms with Crippen molar-refractivity contribution < 1.29 is 29.0 Å². The summed E-state index contributed by atoms with van der Waals surface area (Å²) in [6, 6.07) is 33.3. The van der Waals surface area contributed by atoms with E-state index < -0.39 is 5.54 Å². The van der Waals surface area contributed by atoms with Crippen LogP contribution in [0.5, 0.6) is 23.0 Å². The Labute approximate surface area is 324 Å². The van der Waals surface area contributed by atoms with E-state index in [4.69, 9.17) is 9.47 Å². The maximum absolute atomic E-state index is 13.3. The molecular weight excluding hydrogens is 689 g/mol. The van der Waals surface area contributed by atoms with E-state index in [9.17, 15) is 19.5 Å². The molecule has 8 heteroatoms. The number of carbonyl (C=O) groups excluding carboxylic acids is 3. The lowest BCUT2D eigenvalue weighted by molar-refractivity contribution is 0.0918. The predicted molar refractivity (Wildman–Crippen MR) is 218 cm³/mol. The molecule has 0 saturated carbocycles. The molecule has 55 heavy (non-hydrogen) atoms. The monoisotopic (exact) mass is 739 g/mol. The molecule has 0 atom stereocenters. The van der Waals surface area contributed by atoms with Gasteiger partial charge in [-0.3, -0.25) is 9.59 Å². The van der Waals surface area contributed by atoms with Crippen LogP contribution in [0.4, 0.5) is 5.69 Å². The largest absolute Gasteiger partial charge is 0.457 e. The maximum Gasteiger partial charge on any atom is 0.310 e. The fourth-order valence-electron chi connectivity index (χ4n) is 6.40. The number of aliphatic hydroxyl groups excluding tert-OH is 1. The summed E-state index contributed by atoms with van der Waals surface area (Å²) in [5, 5.41) is 16.1. The third kappa shape index (κ3) is 9.65. The van der Waals surface area contributed by atoms with Crippen LogP contribution in [0.25, 0.3) is 0 Å². The number of nitrogens with one attached hydrogen (secondary N) is 2. The second kappa shape index (κ2) is 16.7. The number of hydrogen-bond acceptors (Lipinski definition) is 6. The Hall–Kier alpha value is -5.82. The van der Waals surface area contributed by atoms with Crippen molar-refractivity contribution in [2.24, 2.45) is 0 Å². The number of ether oxygens (including phenoxy) is 2. The van der Waals surface area contributed by atoms with Gasteiger partial charge in [0, 0.05) is 28.3 Å². The molecule has 0 radical (unpaired) electrons. The van der Waals surface area contributed by atoms with Crippen molar-refractivity contribution in [3.63, 3.8) is 0 Å². The van der Waals surface area contributed by atoms with E-state index in [2.05, 4.69) is 51.3 Å². The molecule has 0 bridgehead atoms. The highest BCUT2D eigenvalue weighted by molar-refractivity contribution is 6.05. The standard InChI is InChI=1S/C47H50N2O6/c1-9-47(8,10-2)35-12-11-13-36(27-35)48-43(52)41-25-24-39(26-32(41)30-51)54-37-20-15-33(16-21-37)46(6,7)34-17-22-38(23-18-34)55-40-19-14-31(29-50)42(28-40)44(53)49-45(3,4)5/h11-28,51H,9-10,30H2,1-8H3,(H-,48,49,52,53)/p+1. The van der Waals surface area contributed by atoms with Gasteiger partial charge in [-0.25, -0.2) is 0 Å². The summed E-state index contributed by atoms with van der Waals surface area (Å²) in [6.45, 7) is 16.1. The van der Waals surface area contributed by atoms with Gasteiger partial charge in [0.05, 0.1) is 18.7 Å². The molecule has 3 N–H and O–H groups in total. The molecule has 0 aromatic heterocycles. The van der Waals surface area contributed by atoms with Crippen LogP contribution in [0.15, 0.2) is 109 Å². The van der Waals surface area contributed by atoms with E-state index in [1.807, 2.05) is 93.8 Å². The lowest BCUT2D eigenvalue weighted by Gasteiger charge is -2.27. The first-order valence-electron chi connectivity index (χ1n) is 18.7. The summed E-state index contributed by atoms with van der Waals surface area (Å²) >= 11 is 0. The number of carbonyl (C=O) groups is 2. The van der Waals surface area contributed by atoms with E-state index in [1.54, 1.807) is 30.3 Å². The zero-order chi connectivity index (χ0) is 40.0. The smallest absolute Gasteiger partial charge is 0.310 e. The number of rotatable bonds is 14. The lowest BCUT2D eigenvalue weighted by atomic mass is 9.78. The van der Waals surface area contributed by atoms with Crippen molar-refractivity contribution in [3.8, 4) is 23.0 Å². The number of anilines is 1. The van der Waals surface area contributed by atoms with Crippen LogP contribution in [0.1, 0.15) is 117 Å². The van der Waals surface area contributed by atoms with E-state index in [-0.39, 0.29) is 40.4 Å². The second-order valence-corrected chi connectivity index (χ2v) is 15.7. The number of amides is 2. The van der Waals surface area contributed by atoms with Crippen LogP contribution in [0, 0.1) is 0 Å². The van der Waals surface area contributed by atoms with E-state index >= 15 is 0 Å². The maximum atomic E-state index is 13.3. The molecule has 8 nitrogen and oxygen atoms in total. The second-order valence-electron chi connectivity index (χ2n) is 15.7. The topological polar surface area (TPSA) is 114 Å². The third-order valence-electron chi connectivity index (χ3n) is 10.3. The summed E-state index contributed by atoms with van der Waals surface area (Å²) < 4.78 is 12.2. The lowest BCUT2D eigenvalue weighted by Crippen LogP contribution is -2.40. The molecule has 0 saturated heterocycles. The molecule has 0 aliphatic carbocycles. The predicted octanol–water partition coefficient (Wildman–Crippen LogP) is 10.4. The molecule has 0 aliphatic rings. The van der Waals surface area contributed by atoms with Gasteiger partial charge in [-0.15, -0.1) is 4.79 Å². The van der Waals surface area contributed by atoms with Crippen LogP contribution in [0.3, 0.4) is 0 Å². The SMILES string of the molecule is CCC(C)(CC)c1cccc(NC(=O)c2ccc(Oc3ccc(C(C)(C)c4ccc(Oc5ccc([C+]=O)c(C(=O)NC(C)(C)C)c5)cc4)cc3)cc2CO)c1. The zero-order valence-electron chi connectivity index (χ0n) is 33.0. The summed E-state index contributed by atoms with van der Waals surface area (Å²) in [4.78, 5) is 37.6. The van der Waals surface area contributed by atoms with Crippen molar-refractivity contribution in [2.45, 2.75) is 91.2 Å². The van der Waals surface area contributed by atoms with Gasteiger partial charge in [0.15, 0.2) is 11.3 Å². The van der Waals surface area contributed by atoms with Gasteiger partial charge in [0.1, 0.15) is 17.2 Å². The molecule has 2 amide bonds. The van der Waals surface area contributed by atoms with Crippen molar-refractivity contribution in [1.82, 2.24) is 5.32 Å². The highest BCUT2D eigenvalue weighted by Crippen LogP contribution is 2.36. The molecule has 0 unspecified atom stereocenters. The highest BCUT2D eigenvalue weighted by Gasteiger charge is 2.27.